The van der Waals surface area contributed by atoms with Crippen molar-refractivity contribution in [1.82, 2.24) is 9.88 Å². The quantitative estimate of drug-likeness (QED) is 0.269. The Balaban J connectivity index is 2.12. The van der Waals surface area contributed by atoms with E-state index in [2.05, 4.69) is 5.10 Å². The first kappa shape index (κ1) is 22.4. The minimum atomic E-state index is -0.485. The molecule has 7 heteroatoms. The monoisotopic (exact) mass is 422 g/mol. The van der Waals surface area contributed by atoms with Crippen LogP contribution in [0.25, 0.3) is 22.2 Å². The van der Waals surface area contributed by atoms with Crippen molar-refractivity contribution < 1.29 is 14.3 Å². The fourth-order valence-electron chi connectivity index (χ4n) is 3.57. The third kappa shape index (κ3) is 4.56. The number of nitrogens with zero attached hydrogens (tertiary/aromatic N) is 4. The molecule has 0 spiro atoms. The van der Waals surface area contributed by atoms with E-state index in [-0.39, 0.29) is 11.5 Å². The van der Waals surface area contributed by atoms with Gasteiger partial charge in [-0.2, -0.15) is 5.10 Å². The number of likely N-dealkylation sites (N-methyl/N-ethyl adjacent to an activating group) is 1. The molecule has 0 saturated carbocycles. The number of pyridine rings is 1. The number of aliphatic hydroxyl groups excluding tert-OH is 1. The molecule has 0 saturated heterocycles. The number of benzene rings is 2. The number of hydrazone groups is 1. The van der Waals surface area contributed by atoms with Gasteiger partial charge in [0.05, 0.1) is 16.9 Å². The van der Waals surface area contributed by atoms with Crippen molar-refractivity contribution in [3.05, 3.63) is 59.4 Å². The lowest BCUT2D eigenvalue weighted by Gasteiger charge is -2.21. The van der Waals surface area contributed by atoms with Gasteiger partial charge in [0.15, 0.2) is 11.7 Å². The molecule has 0 aliphatic rings. The van der Waals surface area contributed by atoms with Crippen LogP contribution in [0.1, 0.15) is 25.0 Å². The van der Waals surface area contributed by atoms with Crippen molar-refractivity contribution in [2.24, 2.45) is 5.10 Å². The van der Waals surface area contributed by atoms with Gasteiger partial charge < -0.3 is 5.11 Å². The highest BCUT2D eigenvalue weighted by Crippen LogP contribution is 2.31. The predicted octanol–water partition coefficient (Wildman–Crippen LogP) is 4.13. The molecule has 162 valence electrons. The van der Waals surface area contributed by atoms with E-state index in [0.29, 0.717) is 18.5 Å². The Bertz CT molecular complexity index is 1130. The van der Waals surface area contributed by atoms with E-state index < -0.39 is 12.4 Å². The van der Waals surface area contributed by atoms with E-state index in [1.165, 1.54) is 16.0 Å². The number of aryl methyl sites for hydroxylation is 2. The summed E-state index contributed by atoms with van der Waals surface area (Å²) in [5.74, 6) is -0.343. The molecular formula is C24H27FN4O2. The van der Waals surface area contributed by atoms with Crippen molar-refractivity contribution in [3.63, 3.8) is 0 Å². The first-order chi connectivity index (χ1) is 14.9. The van der Waals surface area contributed by atoms with Crippen LogP contribution >= 0.6 is 0 Å². The lowest BCUT2D eigenvalue weighted by atomic mass is 9.99. The molecule has 1 aromatic heterocycles. The van der Waals surface area contributed by atoms with Gasteiger partial charge in [0, 0.05) is 30.6 Å². The lowest BCUT2D eigenvalue weighted by Crippen LogP contribution is -2.34. The molecule has 0 fully saturated rings. The Kier molecular flexibility index (Phi) is 6.97. The Morgan fingerprint density at radius 1 is 1.23 bits per heavy atom. The van der Waals surface area contributed by atoms with Gasteiger partial charge in [0.2, 0.25) is 6.41 Å². The first-order valence-corrected chi connectivity index (χ1v) is 10.3. The highest BCUT2D eigenvalue weighted by molar-refractivity contribution is 5.93. The number of rotatable bonds is 7. The number of halogens is 1. The lowest BCUT2D eigenvalue weighted by molar-refractivity contribution is -0.114. The molecule has 3 rings (SSSR count). The number of carbonyl (C=O) groups excluding carboxylic acids is 1. The second-order valence-electron chi connectivity index (χ2n) is 7.25. The Morgan fingerprint density at radius 2 is 1.97 bits per heavy atom. The Labute approximate surface area is 181 Å². The number of amides is 1. The van der Waals surface area contributed by atoms with Gasteiger partial charge in [0.1, 0.15) is 6.61 Å². The maximum Gasteiger partial charge on any atom is 0.215 e. The van der Waals surface area contributed by atoms with E-state index in [9.17, 15) is 9.90 Å². The summed E-state index contributed by atoms with van der Waals surface area (Å²) in [4.78, 5) is 17.2. The number of aliphatic hydroxyl groups is 1. The average molecular weight is 423 g/mol. The molecule has 3 aromatic rings. The minimum absolute atomic E-state index is 0.142. The van der Waals surface area contributed by atoms with Crippen LogP contribution in [0.5, 0.6) is 0 Å². The molecule has 6 nitrogen and oxygen atoms in total. The number of anilines is 1. The summed E-state index contributed by atoms with van der Waals surface area (Å²) in [6, 6.07) is 13.2. The van der Waals surface area contributed by atoms with Crippen LogP contribution < -0.4 is 5.01 Å². The second-order valence-corrected chi connectivity index (χ2v) is 7.25. The number of hydrogen-bond acceptors (Lipinski definition) is 5. The average Bonchev–Trinajstić information content (AvgIpc) is 2.77. The minimum Gasteiger partial charge on any atom is -0.388 e. The van der Waals surface area contributed by atoms with Gasteiger partial charge in [0.25, 0.3) is 0 Å². The summed E-state index contributed by atoms with van der Waals surface area (Å²) in [7, 11) is 1.58. The maximum atomic E-state index is 15.0. The Hall–Kier alpha value is -3.32. The van der Waals surface area contributed by atoms with E-state index in [1.54, 1.807) is 20.0 Å². The predicted molar refractivity (Wildman–Crippen MR) is 123 cm³/mol. The molecule has 1 N–H and O–H groups in total. The van der Waals surface area contributed by atoms with Crippen LogP contribution in [0.3, 0.4) is 0 Å². The fourth-order valence-corrected chi connectivity index (χ4v) is 3.57. The normalized spacial score (nSPS) is 11.6. The van der Waals surface area contributed by atoms with Gasteiger partial charge >= 0.3 is 0 Å². The third-order valence-corrected chi connectivity index (χ3v) is 5.32. The topological polar surface area (TPSA) is 69.0 Å². The summed E-state index contributed by atoms with van der Waals surface area (Å²) in [6.07, 6.45) is 1.35. The first-order valence-electron chi connectivity index (χ1n) is 10.3. The van der Waals surface area contributed by atoms with Gasteiger partial charge in [-0.15, -0.1) is 0 Å². The zero-order valence-electron chi connectivity index (χ0n) is 18.3. The van der Waals surface area contributed by atoms with Crippen LogP contribution in [0, 0.1) is 12.7 Å². The summed E-state index contributed by atoms with van der Waals surface area (Å²) >= 11 is 0. The molecular weight excluding hydrogens is 395 g/mol. The molecule has 0 bridgehead atoms. The molecule has 0 radical (unpaired) electrons. The zero-order valence-corrected chi connectivity index (χ0v) is 18.3. The molecule has 1 amide bonds. The standard InChI is InChI=1S/C24H27FN4O2/c1-5-17-11-21(18-10-8-7-9-16(18)3)26-22-13-20(25)23(12-19(17)22)28(4)27-24(14-30)29(6-2)15-31/h7-13,15,30H,5-6,14H2,1-4H3/b27-24-. The zero-order chi connectivity index (χ0) is 22.5. The van der Waals surface area contributed by atoms with Gasteiger partial charge in [-0.1, -0.05) is 31.2 Å². The van der Waals surface area contributed by atoms with E-state index >= 15 is 4.39 Å². The summed E-state index contributed by atoms with van der Waals surface area (Å²) < 4.78 is 15.0. The molecule has 0 atom stereocenters. The van der Waals surface area contributed by atoms with Gasteiger partial charge in [-0.3, -0.25) is 14.7 Å². The van der Waals surface area contributed by atoms with Crippen LogP contribution in [0.4, 0.5) is 10.1 Å². The van der Waals surface area contributed by atoms with Crippen LogP contribution in [-0.2, 0) is 11.2 Å². The SMILES string of the molecule is CCc1cc(-c2ccccc2C)nc2cc(F)c(N(C)/N=C(/CO)N(C=O)CC)cc12. The molecule has 0 aliphatic carbocycles. The van der Waals surface area contributed by atoms with Crippen molar-refractivity contribution in [1.29, 1.82) is 0 Å². The van der Waals surface area contributed by atoms with Crippen molar-refractivity contribution in [2.45, 2.75) is 27.2 Å². The van der Waals surface area contributed by atoms with E-state index in [1.807, 2.05) is 44.2 Å². The van der Waals surface area contributed by atoms with Crippen molar-refractivity contribution in [3.8, 4) is 11.3 Å². The molecule has 31 heavy (non-hydrogen) atoms. The fraction of sp³-hybridized carbons (Fsp3) is 0.292. The van der Waals surface area contributed by atoms with Gasteiger partial charge in [-0.25, -0.2) is 9.37 Å². The van der Waals surface area contributed by atoms with Crippen LogP contribution in [-0.4, -0.2) is 47.4 Å². The summed E-state index contributed by atoms with van der Waals surface area (Å²) in [6.45, 7) is 5.76. The maximum absolute atomic E-state index is 15.0. The highest BCUT2D eigenvalue weighted by Gasteiger charge is 2.16. The summed E-state index contributed by atoms with van der Waals surface area (Å²) in [5, 5.41) is 16.0. The van der Waals surface area contributed by atoms with Crippen molar-refractivity contribution in [2.75, 3.05) is 25.2 Å². The molecule has 0 aliphatic heterocycles. The van der Waals surface area contributed by atoms with E-state index in [0.717, 1.165) is 34.2 Å². The number of fused-ring (bicyclic) bond motifs is 1. The Morgan fingerprint density at radius 3 is 2.58 bits per heavy atom. The van der Waals surface area contributed by atoms with Crippen LogP contribution in [0.2, 0.25) is 0 Å². The smallest absolute Gasteiger partial charge is 0.215 e. The molecule has 0 unspecified atom stereocenters. The third-order valence-electron chi connectivity index (χ3n) is 5.32. The number of aromatic nitrogens is 1. The van der Waals surface area contributed by atoms with Crippen LogP contribution in [0.15, 0.2) is 47.6 Å². The molecule has 1 heterocycles. The number of hydrogen-bond donors (Lipinski definition) is 1. The van der Waals surface area contributed by atoms with E-state index in [4.69, 9.17) is 4.98 Å². The van der Waals surface area contributed by atoms with Crippen molar-refractivity contribution >= 4 is 28.8 Å². The second kappa shape index (κ2) is 9.66. The highest BCUT2D eigenvalue weighted by atomic mass is 19.1. The number of carbonyl (C=O) groups is 1. The summed E-state index contributed by atoms with van der Waals surface area (Å²) in [5.41, 5.74) is 4.80. The largest absolute Gasteiger partial charge is 0.388 e. The number of amidine groups is 1. The van der Waals surface area contributed by atoms with Gasteiger partial charge in [-0.05, 0) is 43.5 Å². The molecule has 2 aromatic carbocycles.